The van der Waals surface area contributed by atoms with Gasteiger partial charge in [0, 0.05) is 0 Å². The molecule has 0 spiro atoms. The van der Waals surface area contributed by atoms with Crippen LogP contribution in [-0.2, 0) is 3.79 Å². The van der Waals surface area contributed by atoms with Crippen molar-refractivity contribution in [2.24, 2.45) is 0 Å². The molecule has 0 aliphatic carbocycles. The molecular weight excluding hydrogens is 291 g/mol. The number of ether oxygens (including phenoxy) is 1. The van der Waals surface area contributed by atoms with Crippen molar-refractivity contribution in [2.75, 3.05) is 6.61 Å². The third-order valence-corrected chi connectivity index (χ3v) is 3.70. The summed E-state index contributed by atoms with van der Waals surface area (Å²) in [7, 11) is 0. The maximum Gasteiger partial charge on any atom is 0.294 e. The molecule has 0 N–H and O–H groups in total. The summed E-state index contributed by atoms with van der Waals surface area (Å²) >= 11 is 18.1. The Morgan fingerprint density at radius 1 is 1.19 bits per heavy atom. The van der Waals surface area contributed by atoms with E-state index in [2.05, 4.69) is 17.1 Å². The molecule has 1 aromatic heterocycles. The van der Waals surface area contributed by atoms with Crippen molar-refractivity contribution in [3.05, 3.63) is 5.01 Å². The van der Waals surface area contributed by atoms with Crippen LogP contribution >= 0.6 is 46.1 Å². The van der Waals surface area contributed by atoms with Gasteiger partial charge in [-0.1, -0.05) is 77.4 Å². The Morgan fingerprint density at radius 2 is 1.94 bits per heavy atom. The summed E-state index contributed by atoms with van der Waals surface area (Å²) < 4.78 is 3.88. The Morgan fingerprint density at radius 3 is 2.50 bits per heavy atom. The van der Waals surface area contributed by atoms with Gasteiger partial charge >= 0.3 is 0 Å². The molecule has 0 saturated carbocycles. The smallest absolute Gasteiger partial charge is 0.294 e. The van der Waals surface area contributed by atoms with Crippen LogP contribution in [0.2, 0.25) is 0 Å². The zero-order valence-corrected chi connectivity index (χ0v) is 12.0. The van der Waals surface area contributed by atoms with E-state index < -0.39 is 3.79 Å². The fraction of sp³-hybridized carbons (Fsp3) is 0.778. The highest BCUT2D eigenvalue weighted by Crippen LogP contribution is 2.40. The van der Waals surface area contributed by atoms with Crippen molar-refractivity contribution < 1.29 is 4.74 Å². The predicted octanol–water partition coefficient (Wildman–Crippen LogP) is 4.32. The van der Waals surface area contributed by atoms with Gasteiger partial charge in [0.05, 0.1) is 6.61 Å². The van der Waals surface area contributed by atoms with E-state index in [1.165, 1.54) is 12.8 Å². The number of alkyl halides is 3. The van der Waals surface area contributed by atoms with Gasteiger partial charge in [0.15, 0.2) is 5.01 Å². The lowest BCUT2D eigenvalue weighted by atomic mass is 10.2. The van der Waals surface area contributed by atoms with Crippen LogP contribution in [0.3, 0.4) is 0 Å². The summed E-state index contributed by atoms with van der Waals surface area (Å²) in [6.07, 6.45) is 4.60. The topological polar surface area (TPSA) is 35.0 Å². The lowest BCUT2D eigenvalue weighted by molar-refractivity contribution is 0.301. The summed E-state index contributed by atoms with van der Waals surface area (Å²) in [5.41, 5.74) is 0. The van der Waals surface area contributed by atoms with Crippen LogP contribution in [0.5, 0.6) is 5.19 Å². The molecule has 0 atom stereocenters. The van der Waals surface area contributed by atoms with Gasteiger partial charge in [-0.05, 0) is 6.42 Å². The summed E-state index contributed by atoms with van der Waals surface area (Å²) in [6.45, 7) is 2.80. The molecule has 1 heterocycles. The number of unbranched alkanes of at least 4 members (excludes halogenated alkanes) is 3. The molecule has 0 radical (unpaired) electrons. The molecule has 0 unspecified atom stereocenters. The van der Waals surface area contributed by atoms with Crippen LogP contribution in [0, 0.1) is 0 Å². The number of nitrogens with zero attached hydrogens (tertiary/aromatic N) is 2. The first-order valence-electron chi connectivity index (χ1n) is 5.07. The normalized spacial score (nSPS) is 11.8. The third kappa shape index (κ3) is 5.04. The molecule has 3 nitrogen and oxygen atoms in total. The number of hydrogen-bond acceptors (Lipinski definition) is 4. The molecule has 0 aliphatic rings. The first kappa shape index (κ1) is 14.3. The number of aromatic nitrogens is 2. The van der Waals surface area contributed by atoms with Crippen molar-refractivity contribution in [1.29, 1.82) is 0 Å². The number of rotatable bonds is 6. The molecule has 0 amide bonds. The first-order chi connectivity index (χ1) is 7.54. The van der Waals surface area contributed by atoms with E-state index in [1.54, 1.807) is 0 Å². The van der Waals surface area contributed by atoms with E-state index >= 15 is 0 Å². The second-order valence-corrected chi connectivity index (χ2v) is 6.50. The summed E-state index contributed by atoms with van der Waals surface area (Å²) in [4.78, 5) is 0. The van der Waals surface area contributed by atoms with E-state index in [9.17, 15) is 0 Å². The Kier molecular flexibility index (Phi) is 6.11. The molecule has 0 saturated heterocycles. The molecule has 7 heteroatoms. The molecule has 92 valence electrons. The minimum absolute atomic E-state index is 0.334. The third-order valence-electron chi connectivity index (χ3n) is 1.87. The number of halogens is 3. The van der Waals surface area contributed by atoms with E-state index in [4.69, 9.17) is 39.5 Å². The van der Waals surface area contributed by atoms with Gasteiger partial charge in [-0.15, -0.1) is 5.10 Å². The zero-order chi connectivity index (χ0) is 12.0. The minimum atomic E-state index is -1.51. The standard InChI is InChI=1S/C9H13Cl3N2OS/c1-2-3-4-5-6-15-8-14-13-7(16-8)9(10,11)12/h2-6H2,1H3. The van der Waals surface area contributed by atoms with Crippen LogP contribution in [0.15, 0.2) is 0 Å². The lowest BCUT2D eigenvalue weighted by Gasteiger charge is -2.03. The molecule has 1 rings (SSSR count). The monoisotopic (exact) mass is 302 g/mol. The fourth-order valence-corrected chi connectivity index (χ4v) is 2.12. The number of hydrogen-bond donors (Lipinski definition) is 0. The second kappa shape index (κ2) is 6.84. The Labute approximate surface area is 114 Å². The molecule has 1 aromatic rings. The van der Waals surface area contributed by atoms with Gasteiger partial charge in [0.25, 0.3) is 5.19 Å². The van der Waals surface area contributed by atoms with E-state index in [1.807, 2.05) is 0 Å². The molecule has 0 bridgehead atoms. The van der Waals surface area contributed by atoms with Crippen LogP contribution in [0.1, 0.15) is 37.6 Å². The Balaban J connectivity index is 2.30. The van der Waals surface area contributed by atoms with Crippen molar-refractivity contribution in [3.8, 4) is 5.19 Å². The van der Waals surface area contributed by atoms with Gasteiger partial charge in [-0.2, -0.15) is 0 Å². The summed E-state index contributed by atoms with van der Waals surface area (Å²) in [6, 6.07) is 0. The highest BCUT2D eigenvalue weighted by Gasteiger charge is 2.28. The van der Waals surface area contributed by atoms with Crippen LogP contribution in [-0.4, -0.2) is 16.8 Å². The Hall–Kier alpha value is 0.230. The van der Waals surface area contributed by atoms with Crippen molar-refractivity contribution in [2.45, 2.75) is 36.4 Å². The van der Waals surface area contributed by atoms with Crippen molar-refractivity contribution in [3.63, 3.8) is 0 Å². The zero-order valence-electron chi connectivity index (χ0n) is 8.88. The van der Waals surface area contributed by atoms with Gasteiger partial charge in [0.2, 0.25) is 3.79 Å². The molecule has 0 fully saturated rings. The van der Waals surface area contributed by atoms with Gasteiger partial charge in [-0.3, -0.25) is 0 Å². The van der Waals surface area contributed by atoms with E-state index in [0.29, 0.717) is 16.8 Å². The van der Waals surface area contributed by atoms with Crippen molar-refractivity contribution >= 4 is 46.1 Å². The van der Waals surface area contributed by atoms with Crippen LogP contribution in [0.4, 0.5) is 0 Å². The van der Waals surface area contributed by atoms with Gasteiger partial charge in [0.1, 0.15) is 0 Å². The summed E-state index contributed by atoms with van der Waals surface area (Å²) in [5.74, 6) is 0. The fourth-order valence-electron chi connectivity index (χ4n) is 1.07. The van der Waals surface area contributed by atoms with Crippen LogP contribution in [0.25, 0.3) is 0 Å². The maximum absolute atomic E-state index is 5.66. The minimum Gasteiger partial charge on any atom is -0.469 e. The SMILES string of the molecule is CCCCCCOc1nnc(C(Cl)(Cl)Cl)s1. The quantitative estimate of drug-likeness (QED) is 0.580. The molecule has 16 heavy (non-hydrogen) atoms. The van der Waals surface area contributed by atoms with E-state index in [0.717, 1.165) is 24.2 Å². The molecular formula is C9H13Cl3N2OS. The molecule has 0 aromatic carbocycles. The summed E-state index contributed by atoms with van der Waals surface area (Å²) in [5, 5.41) is 8.33. The van der Waals surface area contributed by atoms with Crippen LogP contribution < -0.4 is 4.74 Å². The highest BCUT2D eigenvalue weighted by molar-refractivity contribution is 7.14. The predicted molar refractivity (Wildman–Crippen MR) is 68.8 cm³/mol. The second-order valence-electron chi connectivity index (χ2n) is 3.28. The average molecular weight is 304 g/mol. The first-order valence-corrected chi connectivity index (χ1v) is 7.02. The average Bonchev–Trinajstić information content (AvgIpc) is 2.65. The Bertz CT molecular complexity index is 314. The molecule has 0 aliphatic heterocycles. The van der Waals surface area contributed by atoms with Gasteiger partial charge < -0.3 is 4.74 Å². The largest absolute Gasteiger partial charge is 0.469 e. The maximum atomic E-state index is 5.66. The van der Waals surface area contributed by atoms with E-state index in [-0.39, 0.29) is 0 Å². The van der Waals surface area contributed by atoms with Crippen molar-refractivity contribution in [1.82, 2.24) is 10.2 Å². The highest BCUT2D eigenvalue weighted by atomic mass is 35.6. The van der Waals surface area contributed by atoms with Gasteiger partial charge in [-0.25, -0.2) is 0 Å². The lowest BCUT2D eigenvalue weighted by Crippen LogP contribution is -1.98.